The number of hydrogen-bond donors (Lipinski definition) is 1. The average Bonchev–Trinajstić information content (AvgIpc) is 3.32. The van der Waals surface area contributed by atoms with Gasteiger partial charge in [0.25, 0.3) is 5.91 Å². The van der Waals surface area contributed by atoms with Gasteiger partial charge >= 0.3 is 0 Å². The average molecular weight is 409 g/mol. The maximum atomic E-state index is 13.4. The summed E-state index contributed by atoms with van der Waals surface area (Å²) in [7, 11) is 0. The highest BCUT2D eigenvalue weighted by Gasteiger charge is 2.47. The van der Waals surface area contributed by atoms with Gasteiger partial charge in [-0.25, -0.2) is 9.29 Å². The lowest BCUT2D eigenvalue weighted by atomic mass is 9.94. The van der Waals surface area contributed by atoms with Crippen LogP contribution in [0.15, 0.2) is 18.2 Å². The van der Waals surface area contributed by atoms with Gasteiger partial charge in [0.2, 0.25) is 11.8 Å². The van der Waals surface area contributed by atoms with Crippen LogP contribution in [0.25, 0.3) is 0 Å². The second-order valence-electron chi connectivity index (χ2n) is 7.89. The molecular formula is C20H24ClFN3O3+. The van der Waals surface area contributed by atoms with Crippen LogP contribution in [-0.4, -0.2) is 54.8 Å². The van der Waals surface area contributed by atoms with E-state index in [2.05, 4.69) is 0 Å². The first-order valence-electron chi connectivity index (χ1n) is 9.91. The van der Waals surface area contributed by atoms with Gasteiger partial charge in [0.1, 0.15) is 5.82 Å². The maximum absolute atomic E-state index is 13.4. The van der Waals surface area contributed by atoms with Crippen LogP contribution in [0.3, 0.4) is 0 Å². The molecule has 28 heavy (non-hydrogen) atoms. The second-order valence-corrected chi connectivity index (χ2v) is 8.29. The first-order chi connectivity index (χ1) is 13.5. The minimum absolute atomic E-state index is 0.0288. The van der Waals surface area contributed by atoms with Gasteiger partial charge < -0.3 is 9.80 Å². The highest BCUT2D eigenvalue weighted by Crippen LogP contribution is 2.27. The molecule has 150 valence electrons. The molecule has 3 aliphatic rings. The van der Waals surface area contributed by atoms with Crippen LogP contribution < -0.4 is 9.80 Å². The van der Waals surface area contributed by atoms with E-state index < -0.39 is 11.9 Å². The minimum atomic E-state index is -0.587. The van der Waals surface area contributed by atoms with Crippen LogP contribution in [0.5, 0.6) is 0 Å². The molecule has 0 aromatic heterocycles. The lowest BCUT2D eigenvalue weighted by Gasteiger charge is -2.33. The molecule has 6 nitrogen and oxygen atoms in total. The molecule has 1 atom stereocenters. The van der Waals surface area contributed by atoms with Gasteiger partial charge in [-0.05, 0) is 31.0 Å². The Morgan fingerprint density at radius 3 is 2.46 bits per heavy atom. The van der Waals surface area contributed by atoms with Crippen molar-refractivity contribution >= 4 is 35.0 Å². The zero-order valence-corrected chi connectivity index (χ0v) is 16.4. The van der Waals surface area contributed by atoms with Crippen molar-refractivity contribution in [3.63, 3.8) is 0 Å². The molecule has 0 bridgehead atoms. The fourth-order valence-corrected chi connectivity index (χ4v) is 4.80. The Balaban J connectivity index is 1.40. The third-order valence-electron chi connectivity index (χ3n) is 6.20. The van der Waals surface area contributed by atoms with E-state index in [4.69, 9.17) is 11.6 Å². The lowest BCUT2D eigenvalue weighted by molar-refractivity contribution is -0.920. The molecule has 3 fully saturated rings. The quantitative estimate of drug-likeness (QED) is 0.760. The Morgan fingerprint density at radius 1 is 1.14 bits per heavy atom. The number of nitrogens with zero attached hydrogens (tertiary/aromatic N) is 2. The number of nitrogens with one attached hydrogen (secondary N) is 1. The van der Waals surface area contributed by atoms with Crippen molar-refractivity contribution in [2.45, 2.75) is 38.1 Å². The predicted molar refractivity (Wildman–Crippen MR) is 102 cm³/mol. The van der Waals surface area contributed by atoms with Crippen molar-refractivity contribution in [1.29, 1.82) is 0 Å². The van der Waals surface area contributed by atoms with Crippen LogP contribution in [-0.2, 0) is 14.4 Å². The summed E-state index contributed by atoms with van der Waals surface area (Å²) < 4.78 is 13.4. The number of piperidine rings is 1. The third kappa shape index (κ3) is 3.53. The highest BCUT2D eigenvalue weighted by molar-refractivity contribution is 6.31. The monoisotopic (exact) mass is 408 g/mol. The molecule has 3 aliphatic heterocycles. The Kier molecular flexibility index (Phi) is 5.38. The Morgan fingerprint density at radius 2 is 1.82 bits per heavy atom. The smallest absolute Gasteiger partial charge is 0.292 e. The number of carbonyl (C=O) groups excluding carboxylic acids is 3. The van der Waals surface area contributed by atoms with Crippen molar-refractivity contribution in [3.05, 3.63) is 29.0 Å². The van der Waals surface area contributed by atoms with E-state index >= 15 is 0 Å². The van der Waals surface area contributed by atoms with Gasteiger partial charge in [-0.2, -0.15) is 0 Å². The normalized spacial score (nSPS) is 28.3. The molecule has 1 aromatic carbocycles. The Hall–Kier alpha value is -1.99. The molecule has 0 spiro atoms. The molecule has 1 aromatic rings. The number of amides is 3. The second kappa shape index (κ2) is 7.79. The number of anilines is 1. The van der Waals surface area contributed by atoms with Crippen molar-refractivity contribution in [2.24, 2.45) is 5.92 Å². The van der Waals surface area contributed by atoms with Crippen LogP contribution in [0.2, 0.25) is 5.02 Å². The van der Waals surface area contributed by atoms with Crippen molar-refractivity contribution < 1.29 is 23.7 Å². The third-order valence-corrected chi connectivity index (χ3v) is 6.49. The number of imide groups is 1. The first kappa shape index (κ1) is 19.3. The zero-order valence-electron chi connectivity index (χ0n) is 15.6. The Labute approximate surface area is 168 Å². The maximum Gasteiger partial charge on any atom is 0.292 e. The van der Waals surface area contributed by atoms with E-state index in [1.807, 2.05) is 4.90 Å². The predicted octanol–water partition coefficient (Wildman–Crippen LogP) is 1.03. The lowest BCUT2D eigenvalue weighted by Crippen LogP contribution is -3.17. The van der Waals surface area contributed by atoms with Crippen LogP contribution in [0.1, 0.15) is 32.1 Å². The summed E-state index contributed by atoms with van der Waals surface area (Å²) in [6, 6.07) is 3.42. The fraction of sp³-hybridized carbons (Fsp3) is 0.550. The summed E-state index contributed by atoms with van der Waals surface area (Å²) >= 11 is 5.81. The van der Waals surface area contributed by atoms with Crippen molar-refractivity contribution in [2.75, 3.05) is 31.1 Å². The highest BCUT2D eigenvalue weighted by atomic mass is 35.5. The van der Waals surface area contributed by atoms with Gasteiger partial charge in [-0.15, -0.1) is 0 Å². The SMILES string of the molecule is O=C(C1CC[NH+]([C@H]2CC(=O)N(c3ccc(F)c(Cl)c3)C2=O)CC1)N1CCCC1. The van der Waals surface area contributed by atoms with Gasteiger partial charge in [0.15, 0.2) is 6.04 Å². The summed E-state index contributed by atoms with van der Waals surface area (Å²) in [4.78, 5) is 42.1. The number of rotatable bonds is 3. The summed E-state index contributed by atoms with van der Waals surface area (Å²) in [6.45, 7) is 3.12. The van der Waals surface area contributed by atoms with Gasteiger partial charge in [-0.1, -0.05) is 11.6 Å². The number of benzene rings is 1. The summed E-state index contributed by atoms with van der Waals surface area (Å²) in [5.74, 6) is -0.877. The largest absolute Gasteiger partial charge is 0.342 e. The first-order valence-corrected chi connectivity index (χ1v) is 10.3. The molecule has 0 unspecified atom stereocenters. The summed E-state index contributed by atoms with van der Waals surface area (Å²) in [6.07, 6.45) is 3.78. The van der Waals surface area contributed by atoms with Crippen LogP contribution >= 0.6 is 11.6 Å². The minimum Gasteiger partial charge on any atom is -0.342 e. The van der Waals surface area contributed by atoms with E-state index in [0.717, 1.165) is 54.6 Å². The fourth-order valence-electron chi connectivity index (χ4n) is 4.63. The van der Waals surface area contributed by atoms with E-state index in [1.54, 1.807) is 0 Å². The molecule has 1 N–H and O–H groups in total. The van der Waals surface area contributed by atoms with Gasteiger partial charge in [0, 0.05) is 31.8 Å². The van der Waals surface area contributed by atoms with E-state index in [1.165, 1.54) is 12.1 Å². The molecule has 3 amide bonds. The van der Waals surface area contributed by atoms with Crippen molar-refractivity contribution in [1.82, 2.24) is 4.90 Å². The molecule has 4 rings (SSSR count). The number of likely N-dealkylation sites (tertiary alicyclic amines) is 2. The molecule has 0 aliphatic carbocycles. The van der Waals surface area contributed by atoms with E-state index in [-0.39, 0.29) is 35.1 Å². The molecule has 0 saturated carbocycles. The van der Waals surface area contributed by atoms with Crippen LogP contribution in [0.4, 0.5) is 10.1 Å². The number of quaternary nitrogens is 1. The number of hydrogen-bond acceptors (Lipinski definition) is 3. The molecule has 3 saturated heterocycles. The summed E-state index contributed by atoms with van der Waals surface area (Å²) in [5, 5.41) is -0.116. The summed E-state index contributed by atoms with van der Waals surface area (Å²) in [5.41, 5.74) is 0.308. The van der Waals surface area contributed by atoms with E-state index in [0.29, 0.717) is 18.8 Å². The zero-order chi connectivity index (χ0) is 19.8. The Bertz CT molecular complexity index is 804. The topological polar surface area (TPSA) is 62.1 Å². The van der Waals surface area contributed by atoms with E-state index in [9.17, 15) is 18.8 Å². The molecule has 3 heterocycles. The molecular weight excluding hydrogens is 385 g/mol. The number of carbonyl (C=O) groups is 3. The standard InChI is InChI=1S/C20H23ClFN3O3/c21-15-11-14(3-4-16(15)22)25-18(26)12-17(20(25)28)23-9-5-13(6-10-23)19(27)24-7-1-2-8-24/h3-4,11,13,17H,1-2,5-10,12H2/p+1/t17-/m0/s1. The van der Waals surface area contributed by atoms with Crippen molar-refractivity contribution in [3.8, 4) is 0 Å². The van der Waals surface area contributed by atoms with Gasteiger partial charge in [-0.3, -0.25) is 14.4 Å². The van der Waals surface area contributed by atoms with Gasteiger partial charge in [0.05, 0.1) is 30.2 Å². The number of halogens is 2. The molecule has 8 heteroatoms. The van der Waals surface area contributed by atoms with Crippen LogP contribution in [0, 0.1) is 11.7 Å². The molecule has 0 radical (unpaired) electrons.